The van der Waals surface area contributed by atoms with Crippen LogP contribution in [-0.2, 0) is 6.54 Å². The molecule has 1 aliphatic heterocycles. The normalized spacial score (nSPS) is 21.6. The van der Waals surface area contributed by atoms with Crippen LogP contribution in [0.3, 0.4) is 0 Å². The first-order valence-corrected chi connectivity index (χ1v) is 6.79. The number of likely N-dealkylation sites (tertiary alicyclic amines) is 1. The third-order valence-electron chi connectivity index (χ3n) is 3.33. The summed E-state index contributed by atoms with van der Waals surface area (Å²) < 4.78 is 0.741. The van der Waals surface area contributed by atoms with Crippen LogP contribution < -0.4 is 0 Å². The summed E-state index contributed by atoms with van der Waals surface area (Å²) in [6.07, 6.45) is 2.23. The van der Waals surface area contributed by atoms with Gasteiger partial charge in [0.2, 0.25) is 0 Å². The van der Waals surface area contributed by atoms with Crippen molar-refractivity contribution < 1.29 is 10.2 Å². The zero-order valence-corrected chi connectivity index (χ0v) is 11.4. The van der Waals surface area contributed by atoms with Gasteiger partial charge in [0.25, 0.3) is 0 Å². The maximum absolute atomic E-state index is 9.93. The van der Waals surface area contributed by atoms with Gasteiger partial charge in [-0.05, 0) is 47.3 Å². The zero-order chi connectivity index (χ0) is 12.3. The Bertz CT molecular complexity index is 384. The average molecular weight is 300 g/mol. The van der Waals surface area contributed by atoms with E-state index in [0.29, 0.717) is 11.7 Å². The lowest BCUT2D eigenvalue weighted by Gasteiger charge is -2.31. The smallest absolute Gasteiger partial charge is 0.134 e. The van der Waals surface area contributed by atoms with E-state index in [2.05, 4.69) is 20.8 Å². The molecular formula is C13H18BrNO2. The zero-order valence-electron chi connectivity index (χ0n) is 9.77. The molecule has 4 heteroatoms. The van der Waals surface area contributed by atoms with Crippen molar-refractivity contribution in [3.63, 3.8) is 0 Å². The van der Waals surface area contributed by atoms with Crippen molar-refractivity contribution in [1.29, 1.82) is 0 Å². The fourth-order valence-electron chi connectivity index (χ4n) is 2.37. The van der Waals surface area contributed by atoms with Gasteiger partial charge in [0, 0.05) is 25.3 Å². The van der Waals surface area contributed by atoms with Crippen molar-refractivity contribution in [2.24, 2.45) is 5.92 Å². The molecule has 1 heterocycles. The van der Waals surface area contributed by atoms with E-state index < -0.39 is 0 Å². The summed E-state index contributed by atoms with van der Waals surface area (Å²) >= 11 is 3.33. The molecule has 1 saturated heterocycles. The highest BCUT2D eigenvalue weighted by atomic mass is 79.9. The monoisotopic (exact) mass is 299 g/mol. The molecule has 17 heavy (non-hydrogen) atoms. The third kappa shape index (κ3) is 3.21. The number of nitrogens with zero attached hydrogens (tertiary/aromatic N) is 1. The molecule has 3 nitrogen and oxygen atoms in total. The molecule has 0 spiro atoms. The van der Waals surface area contributed by atoms with Crippen molar-refractivity contribution in [3.05, 3.63) is 28.2 Å². The van der Waals surface area contributed by atoms with E-state index in [9.17, 15) is 10.2 Å². The number of hydrogen-bond acceptors (Lipinski definition) is 3. The number of rotatable bonds is 3. The molecule has 1 unspecified atom stereocenters. The minimum atomic E-state index is 0.265. The van der Waals surface area contributed by atoms with Crippen LogP contribution in [0.1, 0.15) is 18.4 Å². The van der Waals surface area contributed by atoms with Gasteiger partial charge < -0.3 is 10.2 Å². The first-order chi connectivity index (χ1) is 8.20. The van der Waals surface area contributed by atoms with Crippen LogP contribution in [0.5, 0.6) is 5.75 Å². The van der Waals surface area contributed by atoms with Gasteiger partial charge in [0.05, 0.1) is 4.47 Å². The molecule has 1 aliphatic rings. The lowest BCUT2D eigenvalue weighted by molar-refractivity contribution is 0.115. The predicted octanol–water partition coefficient (Wildman–Crippen LogP) is 2.36. The molecule has 2 N–H and O–H groups in total. The highest BCUT2D eigenvalue weighted by Crippen LogP contribution is 2.29. The Morgan fingerprint density at radius 2 is 2.24 bits per heavy atom. The number of aliphatic hydroxyl groups excluding tert-OH is 1. The van der Waals surface area contributed by atoms with Gasteiger partial charge in [-0.3, -0.25) is 4.90 Å². The lowest BCUT2D eigenvalue weighted by atomic mass is 9.98. The van der Waals surface area contributed by atoms with Crippen molar-refractivity contribution in [2.75, 3.05) is 19.7 Å². The second-order valence-corrected chi connectivity index (χ2v) is 5.53. The van der Waals surface area contributed by atoms with Gasteiger partial charge in [0.15, 0.2) is 0 Å². The topological polar surface area (TPSA) is 43.7 Å². The minimum absolute atomic E-state index is 0.265. The number of piperidine rings is 1. The van der Waals surface area contributed by atoms with Gasteiger partial charge in [0.1, 0.15) is 5.75 Å². The molecular weight excluding hydrogens is 282 g/mol. The standard InChI is InChI=1S/C13H18BrNO2/c14-12-5-1-4-11(13(12)17)8-15-6-2-3-10(7-15)9-16/h1,4-5,10,16-17H,2-3,6-9H2. The summed E-state index contributed by atoms with van der Waals surface area (Å²) in [6.45, 7) is 2.98. The van der Waals surface area contributed by atoms with E-state index in [1.807, 2.05) is 18.2 Å². The van der Waals surface area contributed by atoms with E-state index >= 15 is 0 Å². The molecule has 1 fully saturated rings. The second-order valence-electron chi connectivity index (χ2n) is 4.67. The molecule has 1 aromatic carbocycles. The maximum atomic E-state index is 9.93. The molecule has 0 aliphatic carbocycles. The highest BCUT2D eigenvalue weighted by molar-refractivity contribution is 9.10. The van der Waals surface area contributed by atoms with Gasteiger partial charge in [-0.15, -0.1) is 0 Å². The maximum Gasteiger partial charge on any atom is 0.134 e. The van der Waals surface area contributed by atoms with Crippen LogP contribution in [0, 0.1) is 5.92 Å². The van der Waals surface area contributed by atoms with Crippen LogP contribution >= 0.6 is 15.9 Å². The number of halogens is 1. The highest BCUT2D eigenvalue weighted by Gasteiger charge is 2.20. The van der Waals surface area contributed by atoms with Gasteiger partial charge >= 0.3 is 0 Å². The Labute approximate surface area is 110 Å². The third-order valence-corrected chi connectivity index (χ3v) is 3.97. The summed E-state index contributed by atoms with van der Waals surface area (Å²) in [5.74, 6) is 0.719. The molecule has 2 rings (SSSR count). The first-order valence-electron chi connectivity index (χ1n) is 6.00. The van der Waals surface area contributed by atoms with Crippen LogP contribution in [0.4, 0.5) is 0 Å². The Morgan fingerprint density at radius 3 is 3.00 bits per heavy atom. The number of hydrogen-bond donors (Lipinski definition) is 2. The van der Waals surface area contributed by atoms with E-state index in [1.54, 1.807) is 0 Å². The quantitative estimate of drug-likeness (QED) is 0.900. The van der Waals surface area contributed by atoms with Crippen molar-refractivity contribution >= 4 is 15.9 Å². The number of phenols is 1. The largest absolute Gasteiger partial charge is 0.506 e. The van der Waals surface area contributed by atoms with Crippen molar-refractivity contribution in [1.82, 2.24) is 4.90 Å². The Morgan fingerprint density at radius 1 is 1.41 bits per heavy atom. The fraction of sp³-hybridized carbons (Fsp3) is 0.538. The van der Waals surface area contributed by atoms with Gasteiger partial charge in [-0.2, -0.15) is 0 Å². The summed E-state index contributed by atoms with van der Waals surface area (Å²) in [5.41, 5.74) is 0.943. The van der Waals surface area contributed by atoms with Crippen LogP contribution in [-0.4, -0.2) is 34.8 Å². The minimum Gasteiger partial charge on any atom is -0.506 e. The van der Waals surface area contributed by atoms with Crippen molar-refractivity contribution in [2.45, 2.75) is 19.4 Å². The summed E-state index contributed by atoms with van der Waals surface area (Å²) in [7, 11) is 0. The molecule has 94 valence electrons. The second kappa shape index (κ2) is 5.85. The average Bonchev–Trinajstić information content (AvgIpc) is 2.35. The van der Waals surface area contributed by atoms with E-state index in [1.165, 1.54) is 0 Å². The van der Waals surface area contributed by atoms with Gasteiger partial charge in [-0.1, -0.05) is 12.1 Å². The number of para-hydroxylation sites is 1. The number of aromatic hydroxyl groups is 1. The number of aliphatic hydroxyl groups is 1. The summed E-state index contributed by atoms with van der Waals surface area (Å²) in [6, 6.07) is 5.72. The van der Waals surface area contributed by atoms with E-state index in [4.69, 9.17) is 0 Å². The Hall–Kier alpha value is -0.580. The summed E-state index contributed by atoms with van der Waals surface area (Å²) in [5, 5.41) is 19.1. The molecule has 0 bridgehead atoms. The molecule has 0 radical (unpaired) electrons. The molecule has 1 atom stereocenters. The first kappa shape index (κ1) is 12.9. The SMILES string of the molecule is OCC1CCCN(Cc2cccc(Br)c2O)C1. The van der Waals surface area contributed by atoms with E-state index in [-0.39, 0.29) is 6.61 Å². The predicted molar refractivity (Wildman–Crippen MR) is 70.9 cm³/mol. The van der Waals surface area contributed by atoms with Crippen LogP contribution in [0.2, 0.25) is 0 Å². The van der Waals surface area contributed by atoms with Crippen LogP contribution in [0.25, 0.3) is 0 Å². The van der Waals surface area contributed by atoms with E-state index in [0.717, 1.165) is 42.5 Å². The molecule has 0 aromatic heterocycles. The number of phenolic OH excluding ortho intramolecular Hbond substituents is 1. The summed E-state index contributed by atoms with van der Waals surface area (Å²) in [4.78, 5) is 2.30. The molecule has 0 saturated carbocycles. The molecule has 1 aromatic rings. The van der Waals surface area contributed by atoms with Crippen LogP contribution in [0.15, 0.2) is 22.7 Å². The number of benzene rings is 1. The Balaban J connectivity index is 2.02. The van der Waals surface area contributed by atoms with Crippen molar-refractivity contribution in [3.8, 4) is 5.75 Å². The molecule has 0 amide bonds. The fourth-order valence-corrected chi connectivity index (χ4v) is 2.78. The Kier molecular flexibility index (Phi) is 4.42. The lowest BCUT2D eigenvalue weighted by Crippen LogP contribution is -2.36. The van der Waals surface area contributed by atoms with Gasteiger partial charge in [-0.25, -0.2) is 0 Å².